The molecule has 2 aromatic rings. The second-order valence-electron chi connectivity index (χ2n) is 5.30. The van der Waals surface area contributed by atoms with Crippen LogP contribution < -0.4 is 10.1 Å². The minimum Gasteiger partial charge on any atom is -0.497 e. The zero-order chi connectivity index (χ0) is 17.0. The highest BCUT2D eigenvalue weighted by Crippen LogP contribution is 2.19. The number of hydrogen-bond acceptors (Lipinski definition) is 4. The number of benzene rings is 2. The smallest absolute Gasteiger partial charge is 0.239 e. The van der Waals surface area contributed by atoms with E-state index < -0.39 is 21.5 Å². The van der Waals surface area contributed by atoms with Gasteiger partial charge in [-0.25, -0.2) is 8.42 Å². The highest BCUT2D eigenvalue weighted by molar-refractivity contribution is 7.92. The molecule has 0 spiro atoms. The Morgan fingerprint density at radius 3 is 2.35 bits per heavy atom. The molecule has 0 saturated heterocycles. The van der Waals surface area contributed by atoms with Crippen molar-refractivity contribution < 1.29 is 17.9 Å². The van der Waals surface area contributed by atoms with E-state index in [4.69, 9.17) is 4.74 Å². The molecule has 0 aromatic heterocycles. The zero-order valence-electron chi connectivity index (χ0n) is 13.3. The first kappa shape index (κ1) is 17.0. The van der Waals surface area contributed by atoms with Crippen LogP contribution in [0.2, 0.25) is 0 Å². The van der Waals surface area contributed by atoms with Gasteiger partial charge in [0, 0.05) is 5.69 Å². The predicted octanol–water partition coefficient (Wildman–Crippen LogP) is 2.72. The number of hydrogen-bond donors (Lipinski definition) is 1. The van der Waals surface area contributed by atoms with Crippen molar-refractivity contribution in [2.45, 2.75) is 18.7 Å². The van der Waals surface area contributed by atoms with Crippen molar-refractivity contribution in [1.29, 1.82) is 0 Å². The van der Waals surface area contributed by atoms with Gasteiger partial charge in [-0.3, -0.25) is 4.79 Å². The molecule has 0 aliphatic rings. The molecule has 0 bridgehead atoms. The summed E-state index contributed by atoms with van der Waals surface area (Å²) < 4.78 is 29.6. The molecule has 0 saturated carbocycles. The maximum atomic E-state index is 12.3. The Hall–Kier alpha value is -2.34. The number of rotatable bonds is 5. The van der Waals surface area contributed by atoms with Crippen molar-refractivity contribution >= 4 is 21.4 Å². The van der Waals surface area contributed by atoms with Crippen LogP contribution in [0, 0.1) is 13.8 Å². The lowest BCUT2D eigenvalue weighted by Crippen LogP contribution is -2.23. The summed E-state index contributed by atoms with van der Waals surface area (Å²) in [4.78, 5) is 12.2. The van der Waals surface area contributed by atoms with Crippen molar-refractivity contribution in [2.24, 2.45) is 0 Å². The number of anilines is 1. The highest BCUT2D eigenvalue weighted by atomic mass is 32.2. The van der Waals surface area contributed by atoms with Gasteiger partial charge < -0.3 is 10.1 Å². The molecule has 0 unspecified atom stereocenters. The maximum absolute atomic E-state index is 12.3. The summed E-state index contributed by atoms with van der Waals surface area (Å²) in [6.07, 6.45) is 0. The molecule has 0 radical (unpaired) electrons. The van der Waals surface area contributed by atoms with E-state index in [0.29, 0.717) is 11.4 Å². The minimum atomic E-state index is -3.70. The standard InChI is InChI=1S/C17H19NO4S/c1-12-4-5-13(2)16(10-12)18-17(19)11-23(20,21)15-8-6-14(22-3)7-9-15/h4-10H,11H2,1-3H3,(H,18,19). The summed E-state index contributed by atoms with van der Waals surface area (Å²) >= 11 is 0. The summed E-state index contributed by atoms with van der Waals surface area (Å²) in [6.45, 7) is 3.76. The average molecular weight is 333 g/mol. The lowest BCUT2D eigenvalue weighted by molar-refractivity contribution is -0.113. The van der Waals surface area contributed by atoms with Crippen LogP contribution in [0.3, 0.4) is 0 Å². The van der Waals surface area contributed by atoms with Crippen LogP contribution >= 0.6 is 0 Å². The van der Waals surface area contributed by atoms with Crippen molar-refractivity contribution in [3.05, 3.63) is 53.6 Å². The van der Waals surface area contributed by atoms with Gasteiger partial charge in [-0.05, 0) is 55.3 Å². The monoisotopic (exact) mass is 333 g/mol. The van der Waals surface area contributed by atoms with Crippen LogP contribution in [0.5, 0.6) is 5.75 Å². The number of ether oxygens (including phenoxy) is 1. The fraction of sp³-hybridized carbons (Fsp3) is 0.235. The average Bonchev–Trinajstić information content (AvgIpc) is 2.50. The van der Waals surface area contributed by atoms with Crippen LogP contribution in [0.4, 0.5) is 5.69 Å². The molecule has 1 N–H and O–H groups in total. The Balaban J connectivity index is 2.13. The number of methoxy groups -OCH3 is 1. The lowest BCUT2D eigenvalue weighted by Gasteiger charge is -2.10. The number of sulfone groups is 1. The van der Waals surface area contributed by atoms with Crippen molar-refractivity contribution in [1.82, 2.24) is 0 Å². The zero-order valence-corrected chi connectivity index (χ0v) is 14.1. The molecule has 0 heterocycles. The Kier molecular flexibility index (Phi) is 5.05. The fourth-order valence-corrected chi connectivity index (χ4v) is 3.23. The Bertz CT molecular complexity index is 811. The number of amides is 1. The first-order valence-electron chi connectivity index (χ1n) is 7.06. The van der Waals surface area contributed by atoms with Gasteiger partial charge in [0.15, 0.2) is 9.84 Å². The topological polar surface area (TPSA) is 72.5 Å². The maximum Gasteiger partial charge on any atom is 0.239 e. The van der Waals surface area contributed by atoms with E-state index in [2.05, 4.69) is 5.32 Å². The molecule has 0 fully saturated rings. The van der Waals surface area contributed by atoms with Crippen molar-refractivity contribution in [3.63, 3.8) is 0 Å². The number of nitrogens with one attached hydrogen (secondary N) is 1. The summed E-state index contributed by atoms with van der Waals surface area (Å²) in [5, 5.41) is 2.66. The molecule has 6 heteroatoms. The van der Waals surface area contributed by atoms with E-state index in [-0.39, 0.29) is 4.90 Å². The van der Waals surface area contributed by atoms with Gasteiger partial charge in [-0.2, -0.15) is 0 Å². The van der Waals surface area contributed by atoms with Gasteiger partial charge in [0.2, 0.25) is 5.91 Å². The van der Waals surface area contributed by atoms with Gasteiger partial charge in [0.25, 0.3) is 0 Å². The molecular weight excluding hydrogens is 314 g/mol. The third-order valence-corrected chi connectivity index (χ3v) is 5.04. The van der Waals surface area contributed by atoms with E-state index >= 15 is 0 Å². The van der Waals surface area contributed by atoms with E-state index in [1.807, 2.05) is 32.0 Å². The molecule has 2 rings (SSSR count). The van der Waals surface area contributed by atoms with Gasteiger partial charge in [-0.15, -0.1) is 0 Å². The SMILES string of the molecule is COc1ccc(S(=O)(=O)CC(=O)Nc2cc(C)ccc2C)cc1. The minimum absolute atomic E-state index is 0.0921. The molecule has 122 valence electrons. The van der Waals surface area contributed by atoms with Crippen molar-refractivity contribution in [3.8, 4) is 5.75 Å². The second-order valence-corrected chi connectivity index (χ2v) is 7.29. The molecule has 0 aliphatic heterocycles. The molecule has 23 heavy (non-hydrogen) atoms. The normalized spacial score (nSPS) is 11.1. The first-order valence-corrected chi connectivity index (χ1v) is 8.71. The van der Waals surface area contributed by atoms with E-state index in [9.17, 15) is 13.2 Å². The molecule has 0 atom stereocenters. The molecule has 5 nitrogen and oxygen atoms in total. The summed E-state index contributed by atoms with van der Waals surface area (Å²) in [6, 6.07) is 11.6. The Morgan fingerprint density at radius 2 is 1.74 bits per heavy atom. The third kappa shape index (κ3) is 4.32. The Morgan fingerprint density at radius 1 is 1.09 bits per heavy atom. The van der Waals surface area contributed by atoms with Gasteiger partial charge in [0.1, 0.15) is 11.5 Å². The second kappa shape index (κ2) is 6.83. The summed E-state index contributed by atoms with van der Waals surface area (Å²) in [5.41, 5.74) is 2.50. The highest BCUT2D eigenvalue weighted by Gasteiger charge is 2.20. The number of carbonyl (C=O) groups is 1. The molecule has 2 aromatic carbocycles. The summed E-state index contributed by atoms with van der Waals surface area (Å²) in [5.74, 6) is -0.606. The molecular formula is C17H19NO4S. The van der Waals surface area contributed by atoms with E-state index in [0.717, 1.165) is 11.1 Å². The Labute approximate surface area is 136 Å². The van der Waals surface area contributed by atoms with Gasteiger partial charge in [-0.1, -0.05) is 12.1 Å². The number of carbonyl (C=O) groups excluding carboxylic acids is 1. The fourth-order valence-electron chi connectivity index (χ4n) is 2.10. The largest absolute Gasteiger partial charge is 0.497 e. The quantitative estimate of drug-likeness (QED) is 0.913. The lowest BCUT2D eigenvalue weighted by atomic mass is 10.1. The third-order valence-electron chi connectivity index (χ3n) is 3.41. The van der Waals surface area contributed by atoms with Crippen LogP contribution in [-0.2, 0) is 14.6 Å². The van der Waals surface area contributed by atoms with Crippen LogP contribution in [0.1, 0.15) is 11.1 Å². The van der Waals surface area contributed by atoms with E-state index in [1.165, 1.54) is 19.2 Å². The summed E-state index contributed by atoms with van der Waals surface area (Å²) in [7, 11) is -2.19. The molecule has 1 amide bonds. The van der Waals surface area contributed by atoms with Crippen LogP contribution in [0.15, 0.2) is 47.4 Å². The van der Waals surface area contributed by atoms with Crippen molar-refractivity contribution in [2.75, 3.05) is 18.2 Å². The van der Waals surface area contributed by atoms with Gasteiger partial charge in [0.05, 0.1) is 12.0 Å². The predicted molar refractivity (Wildman–Crippen MR) is 89.6 cm³/mol. The van der Waals surface area contributed by atoms with Crippen LogP contribution in [-0.4, -0.2) is 27.2 Å². The van der Waals surface area contributed by atoms with E-state index in [1.54, 1.807) is 12.1 Å². The first-order chi connectivity index (χ1) is 10.8. The number of aryl methyl sites for hydroxylation is 2. The molecule has 0 aliphatic carbocycles. The van der Waals surface area contributed by atoms with Gasteiger partial charge >= 0.3 is 0 Å². The van der Waals surface area contributed by atoms with Crippen LogP contribution in [0.25, 0.3) is 0 Å².